The molecule has 0 aliphatic heterocycles. The molecule has 2 rings (SSSR count). The number of ether oxygens (including phenoxy) is 2. The fourth-order valence-corrected chi connectivity index (χ4v) is 3.21. The van der Waals surface area contributed by atoms with Crippen LogP contribution in [-0.2, 0) is 15.7 Å². The third-order valence-electron chi connectivity index (χ3n) is 3.81. The topological polar surface area (TPSA) is 52.6 Å². The number of halogens is 5. The Morgan fingerprint density at radius 3 is 1.81 bits per heavy atom. The highest BCUT2D eigenvalue weighted by Gasteiger charge is 2.33. The summed E-state index contributed by atoms with van der Waals surface area (Å²) >= 11 is 12.1. The Morgan fingerprint density at radius 1 is 0.889 bits per heavy atom. The fourth-order valence-electron chi connectivity index (χ4n) is 2.52. The molecule has 0 bridgehead atoms. The molecule has 0 aliphatic carbocycles. The molecule has 0 saturated heterocycles. The van der Waals surface area contributed by atoms with Crippen LogP contribution in [0.15, 0.2) is 24.3 Å². The smallest absolute Gasteiger partial charge is 0.416 e. The molecule has 0 unspecified atom stereocenters. The number of esters is 2. The second-order valence-corrected chi connectivity index (χ2v) is 6.32. The van der Waals surface area contributed by atoms with Crippen molar-refractivity contribution in [2.75, 3.05) is 14.2 Å². The van der Waals surface area contributed by atoms with E-state index in [2.05, 4.69) is 4.74 Å². The highest BCUT2D eigenvalue weighted by atomic mass is 35.5. The summed E-state index contributed by atoms with van der Waals surface area (Å²) in [6.07, 6.45) is -4.64. The number of benzene rings is 2. The van der Waals surface area contributed by atoms with Crippen molar-refractivity contribution in [1.29, 1.82) is 0 Å². The first-order valence-corrected chi connectivity index (χ1v) is 8.14. The second-order valence-electron chi connectivity index (χ2n) is 5.51. The van der Waals surface area contributed by atoms with Gasteiger partial charge >= 0.3 is 18.1 Å². The van der Waals surface area contributed by atoms with Crippen molar-refractivity contribution in [2.45, 2.75) is 13.1 Å². The van der Waals surface area contributed by atoms with Crippen LogP contribution in [0.2, 0.25) is 10.0 Å². The van der Waals surface area contributed by atoms with E-state index in [0.717, 1.165) is 7.11 Å². The van der Waals surface area contributed by atoms with Gasteiger partial charge in [0, 0.05) is 5.56 Å². The summed E-state index contributed by atoms with van der Waals surface area (Å²) in [5, 5.41) is -0.601. The normalized spacial score (nSPS) is 11.3. The minimum absolute atomic E-state index is 0.0197. The van der Waals surface area contributed by atoms with Crippen LogP contribution in [0.1, 0.15) is 31.8 Å². The number of carbonyl (C=O) groups is 2. The van der Waals surface area contributed by atoms with Crippen molar-refractivity contribution in [3.8, 4) is 11.1 Å². The Kier molecular flexibility index (Phi) is 6.07. The largest absolute Gasteiger partial charge is 0.465 e. The molecule has 9 heteroatoms. The van der Waals surface area contributed by atoms with Crippen molar-refractivity contribution in [1.82, 2.24) is 0 Å². The molecule has 4 nitrogen and oxygen atoms in total. The van der Waals surface area contributed by atoms with Crippen molar-refractivity contribution >= 4 is 35.1 Å². The number of aryl methyl sites for hydroxylation is 1. The quantitative estimate of drug-likeness (QED) is 0.609. The summed E-state index contributed by atoms with van der Waals surface area (Å²) in [5.41, 5.74) is -0.449. The monoisotopic (exact) mass is 420 g/mol. The van der Waals surface area contributed by atoms with E-state index < -0.39 is 23.7 Å². The van der Waals surface area contributed by atoms with Crippen LogP contribution < -0.4 is 0 Å². The van der Waals surface area contributed by atoms with Crippen molar-refractivity contribution in [3.63, 3.8) is 0 Å². The van der Waals surface area contributed by atoms with Gasteiger partial charge in [-0.3, -0.25) is 0 Å². The molecule has 27 heavy (non-hydrogen) atoms. The first-order valence-electron chi connectivity index (χ1n) is 7.39. The van der Waals surface area contributed by atoms with Gasteiger partial charge in [0.1, 0.15) is 0 Å². The van der Waals surface area contributed by atoms with Crippen LogP contribution in [0.25, 0.3) is 11.1 Å². The maximum Gasteiger partial charge on any atom is 0.416 e. The maximum absolute atomic E-state index is 12.9. The molecule has 2 aromatic carbocycles. The molecule has 0 radical (unpaired) electrons. The molecule has 0 atom stereocenters. The molecular weight excluding hydrogens is 408 g/mol. The lowest BCUT2D eigenvalue weighted by Gasteiger charge is -2.16. The maximum atomic E-state index is 12.9. The summed E-state index contributed by atoms with van der Waals surface area (Å²) < 4.78 is 48.2. The Hall–Kier alpha value is -2.25. The van der Waals surface area contributed by atoms with Gasteiger partial charge in [0.25, 0.3) is 0 Å². The third kappa shape index (κ3) is 4.20. The molecule has 0 saturated carbocycles. The van der Waals surface area contributed by atoms with Gasteiger partial charge in [0.2, 0.25) is 0 Å². The van der Waals surface area contributed by atoms with Gasteiger partial charge in [-0.05, 0) is 42.3 Å². The Balaban J connectivity index is 2.80. The van der Waals surface area contributed by atoms with E-state index in [4.69, 9.17) is 27.9 Å². The molecule has 0 fully saturated rings. The van der Waals surface area contributed by atoms with Crippen molar-refractivity contribution in [3.05, 3.63) is 56.6 Å². The van der Waals surface area contributed by atoms with Gasteiger partial charge in [-0.25, -0.2) is 9.59 Å². The average molecular weight is 421 g/mol. The van der Waals surface area contributed by atoms with Crippen LogP contribution in [0, 0.1) is 6.92 Å². The standard InChI is InChI=1S/C18H13Cl2F3O4/c1-8-4-11(12(17(25)27-3)7-10(8)16(24)26-2)15-13(19)5-9(6-14(15)20)18(21,22)23/h4-7H,1-3H3. The first-order chi connectivity index (χ1) is 12.5. The number of hydrogen-bond donors (Lipinski definition) is 0. The summed E-state index contributed by atoms with van der Waals surface area (Å²) in [4.78, 5) is 24.1. The highest BCUT2D eigenvalue weighted by Crippen LogP contribution is 2.42. The summed E-state index contributed by atoms with van der Waals surface area (Å²) in [6.45, 7) is 1.57. The SMILES string of the molecule is COC(=O)c1cc(C(=O)OC)c(-c2c(Cl)cc(C(F)(F)F)cc2Cl)cc1C. The van der Waals surface area contributed by atoms with Gasteiger partial charge in [-0.1, -0.05) is 23.2 Å². The number of hydrogen-bond acceptors (Lipinski definition) is 4. The Labute approximate surface area is 162 Å². The molecule has 2 aromatic rings. The zero-order chi connectivity index (χ0) is 20.5. The molecule has 144 valence electrons. The molecule has 0 amide bonds. The second kappa shape index (κ2) is 7.78. The minimum Gasteiger partial charge on any atom is -0.465 e. The summed E-state index contributed by atoms with van der Waals surface area (Å²) in [7, 11) is 2.30. The Morgan fingerprint density at radius 2 is 1.37 bits per heavy atom. The molecule has 0 aromatic heterocycles. The van der Waals surface area contributed by atoms with E-state index in [-0.39, 0.29) is 32.3 Å². The van der Waals surface area contributed by atoms with Gasteiger partial charge < -0.3 is 9.47 Å². The zero-order valence-electron chi connectivity index (χ0n) is 14.3. The van der Waals surface area contributed by atoms with E-state index in [1.54, 1.807) is 6.92 Å². The van der Waals surface area contributed by atoms with Gasteiger partial charge in [-0.2, -0.15) is 13.2 Å². The van der Waals surface area contributed by atoms with E-state index in [1.807, 2.05) is 0 Å². The fraction of sp³-hybridized carbons (Fsp3) is 0.222. The molecule has 0 spiro atoms. The van der Waals surface area contributed by atoms with E-state index in [0.29, 0.717) is 17.7 Å². The minimum atomic E-state index is -4.64. The van der Waals surface area contributed by atoms with Crippen LogP contribution in [0.4, 0.5) is 13.2 Å². The van der Waals surface area contributed by atoms with Gasteiger partial charge in [-0.15, -0.1) is 0 Å². The van der Waals surface area contributed by atoms with E-state index >= 15 is 0 Å². The predicted molar refractivity (Wildman–Crippen MR) is 94.3 cm³/mol. The molecule has 0 N–H and O–H groups in total. The van der Waals surface area contributed by atoms with Crippen LogP contribution >= 0.6 is 23.2 Å². The molecule has 0 heterocycles. The zero-order valence-corrected chi connectivity index (χ0v) is 15.8. The number of rotatable bonds is 3. The molecule has 0 aliphatic rings. The van der Waals surface area contributed by atoms with Gasteiger partial charge in [0.15, 0.2) is 0 Å². The predicted octanol–water partition coefficient (Wildman–Crippen LogP) is 5.56. The van der Waals surface area contributed by atoms with Crippen LogP contribution in [0.3, 0.4) is 0 Å². The number of methoxy groups -OCH3 is 2. The van der Waals surface area contributed by atoms with E-state index in [1.165, 1.54) is 19.2 Å². The number of carbonyl (C=O) groups excluding carboxylic acids is 2. The first kappa shape index (κ1) is 21.1. The van der Waals surface area contributed by atoms with Crippen LogP contribution in [0.5, 0.6) is 0 Å². The average Bonchev–Trinajstić information content (AvgIpc) is 2.59. The molecular formula is C18H13Cl2F3O4. The summed E-state index contributed by atoms with van der Waals surface area (Å²) in [5.74, 6) is -1.50. The summed E-state index contributed by atoms with van der Waals surface area (Å²) in [6, 6.07) is 4.08. The third-order valence-corrected chi connectivity index (χ3v) is 4.41. The lowest BCUT2D eigenvalue weighted by Crippen LogP contribution is -2.11. The van der Waals surface area contributed by atoms with Crippen LogP contribution in [-0.4, -0.2) is 26.2 Å². The van der Waals surface area contributed by atoms with Crippen molar-refractivity contribution in [2.24, 2.45) is 0 Å². The number of alkyl halides is 3. The van der Waals surface area contributed by atoms with E-state index in [9.17, 15) is 22.8 Å². The van der Waals surface area contributed by atoms with Crippen molar-refractivity contribution < 1.29 is 32.2 Å². The van der Waals surface area contributed by atoms with Gasteiger partial charge in [0.05, 0.1) is 41.0 Å². The highest BCUT2D eigenvalue weighted by molar-refractivity contribution is 6.39. The Bertz CT molecular complexity index is 901. The lowest BCUT2D eigenvalue weighted by molar-refractivity contribution is -0.137. The lowest BCUT2D eigenvalue weighted by atomic mass is 9.93.